The normalized spacial score (nSPS) is 13.8. The van der Waals surface area contributed by atoms with Gasteiger partial charge in [-0.3, -0.25) is 0 Å². The first-order valence-corrected chi connectivity index (χ1v) is 6.48. The Labute approximate surface area is 113 Å². The van der Waals surface area contributed by atoms with Crippen LogP contribution in [0.2, 0.25) is 0 Å². The molecule has 1 aromatic carbocycles. The minimum absolute atomic E-state index is 0.0864. The number of nitrogens with two attached hydrogens (primary N) is 1. The maximum Gasteiger partial charge on any atom is 0.170 e. The van der Waals surface area contributed by atoms with Gasteiger partial charge in [-0.2, -0.15) is 0 Å². The van der Waals surface area contributed by atoms with Crippen molar-refractivity contribution < 1.29 is 9.60 Å². The molecular weight excluding hydrogens is 245 g/mol. The second kappa shape index (κ2) is 7.09. The molecule has 0 aliphatic rings. The van der Waals surface area contributed by atoms with Gasteiger partial charge in [0.05, 0.1) is 0 Å². The Morgan fingerprint density at radius 1 is 1.42 bits per heavy atom. The smallest absolute Gasteiger partial charge is 0.170 e. The third-order valence-electron chi connectivity index (χ3n) is 3.17. The minimum atomic E-state index is -0.390. The van der Waals surface area contributed by atoms with E-state index in [1.54, 1.807) is 6.07 Å². The number of benzene rings is 1. The zero-order valence-electron chi connectivity index (χ0n) is 11.7. The molecule has 0 amide bonds. The first-order chi connectivity index (χ1) is 8.97. The van der Waals surface area contributed by atoms with Crippen molar-refractivity contribution in [3.05, 3.63) is 35.1 Å². The number of nitrogens with one attached hydrogen (secondary N) is 1. The predicted octanol–water partition coefficient (Wildman–Crippen LogP) is 2.44. The Bertz CT molecular complexity index is 446. The lowest BCUT2D eigenvalue weighted by molar-refractivity contribution is 0.318. The van der Waals surface area contributed by atoms with Gasteiger partial charge in [0.15, 0.2) is 5.84 Å². The minimum Gasteiger partial charge on any atom is -0.409 e. The molecule has 0 heterocycles. The highest BCUT2D eigenvalue weighted by Crippen LogP contribution is 2.11. The van der Waals surface area contributed by atoms with E-state index in [0.29, 0.717) is 24.1 Å². The van der Waals surface area contributed by atoms with Crippen molar-refractivity contribution >= 4 is 5.84 Å². The molecule has 4 N–H and O–H groups in total. The molecular formula is C14H22FN3O. The summed E-state index contributed by atoms with van der Waals surface area (Å²) in [6, 6.07) is 4.81. The van der Waals surface area contributed by atoms with E-state index < -0.39 is 5.82 Å². The summed E-state index contributed by atoms with van der Waals surface area (Å²) in [5.74, 6) is 0.0391. The van der Waals surface area contributed by atoms with Crippen LogP contribution in [0.3, 0.4) is 0 Å². The lowest BCUT2D eigenvalue weighted by Crippen LogP contribution is -2.32. The zero-order valence-corrected chi connectivity index (χ0v) is 11.7. The molecule has 19 heavy (non-hydrogen) atoms. The summed E-state index contributed by atoms with van der Waals surface area (Å²) < 4.78 is 13.5. The molecule has 0 fully saturated rings. The average molecular weight is 267 g/mol. The van der Waals surface area contributed by atoms with Crippen LogP contribution in [0.15, 0.2) is 23.4 Å². The van der Waals surface area contributed by atoms with E-state index in [4.69, 9.17) is 10.9 Å². The molecule has 5 heteroatoms. The van der Waals surface area contributed by atoms with Crippen molar-refractivity contribution in [2.24, 2.45) is 16.8 Å². The molecule has 0 aliphatic heterocycles. The average Bonchev–Trinajstić information content (AvgIpc) is 2.37. The van der Waals surface area contributed by atoms with Crippen LogP contribution in [0.5, 0.6) is 0 Å². The topological polar surface area (TPSA) is 70.6 Å². The lowest BCUT2D eigenvalue weighted by Gasteiger charge is -2.21. The first-order valence-electron chi connectivity index (χ1n) is 6.48. The fourth-order valence-electron chi connectivity index (χ4n) is 2.06. The third-order valence-corrected chi connectivity index (χ3v) is 3.17. The summed E-state index contributed by atoms with van der Waals surface area (Å²) in [4.78, 5) is 0. The molecule has 106 valence electrons. The van der Waals surface area contributed by atoms with Crippen LogP contribution >= 0.6 is 0 Å². The van der Waals surface area contributed by atoms with Gasteiger partial charge in [0.1, 0.15) is 5.82 Å². The maximum absolute atomic E-state index is 13.5. The number of rotatable bonds is 6. The largest absolute Gasteiger partial charge is 0.409 e. The van der Waals surface area contributed by atoms with Gasteiger partial charge in [-0.25, -0.2) is 4.39 Å². The summed E-state index contributed by atoms with van der Waals surface area (Å²) >= 11 is 0. The SMILES string of the molecule is CCC(NCc1cc(F)cc(/C(N)=N/O)c1)C(C)C. The van der Waals surface area contributed by atoms with Gasteiger partial charge in [-0.15, -0.1) is 0 Å². The molecule has 4 nitrogen and oxygen atoms in total. The molecule has 1 rings (SSSR count). The summed E-state index contributed by atoms with van der Waals surface area (Å²) in [6.07, 6.45) is 1.01. The monoisotopic (exact) mass is 267 g/mol. The van der Waals surface area contributed by atoms with Crippen molar-refractivity contribution in [1.29, 1.82) is 0 Å². The highest BCUT2D eigenvalue weighted by atomic mass is 19.1. The van der Waals surface area contributed by atoms with Gasteiger partial charge in [-0.1, -0.05) is 25.9 Å². The van der Waals surface area contributed by atoms with E-state index in [0.717, 1.165) is 12.0 Å². The summed E-state index contributed by atoms with van der Waals surface area (Å²) in [5, 5.41) is 14.9. The Morgan fingerprint density at radius 3 is 2.63 bits per heavy atom. The van der Waals surface area contributed by atoms with Gasteiger partial charge in [0.2, 0.25) is 0 Å². The number of nitrogens with zero attached hydrogens (tertiary/aromatic N) is 1. The van der Waals surface area contributed by atoms with Gasteiger partial charge in [-0.05, 0) is 36.1 Å². The zero-order chi connectivity index (χ0) is 14.4. The van der Waals surface area contributed by atoms with Crippen molar-refractivity contribution in [2.75, 3.05) is 0 Å². The van der Waals surface area contributed by atoms with E-state index >= 15 is 0 Å². The predicted molar refractivity (Wildman–Crippen MR) is 74.7 cm³/mol. The van der Waals surface area contributed by atoms with Crippen LogP contribution in [0, 0.1) is 11.7 Å². The first kappa shape index (κ1) is 15.4. The molecule has 1 unspecified atom stereocenters. The van der Waals surface area contributed by atoms with Gasteiger partial charge in [0, 0.05) is 18.2 Å². The highest BCUT2D eigenvalue weighted by molar-refractivity contribution is 5.97. The second-order valence-corrected chi connectivity index (χ2v) is 4.97. The fraction of sp³-hybridized carbons (Fsp3) is 0.500. The van der Waals surface area contributed by atoms with Crippen molar-refractivity contribution in [3.63, 3.8) is 0 Å². The van der Waals surface area contributed by atoms with E-state index in [-0.39, 0.29) is 5.84 Å². The van der Waals surface area contributed by atoms with Crippen LogP contribution in [0.4, 0.5) is 4.39 Å². The van der Waals surface area contributed by atoms with Gasteiger partial charge < -0.3 is 16.3 Å². The number of halogens is 1. The number of hydrogen-bond acceptors (Lipinski definition) is 3. The molecule has 0 bridgehead atoms. The van der Waals surface area contributed by atoms with E-state index in [2.05, 4.69) is 31.2 Å². The summed E-state index contributed by atoms with van der Waals surface area (Å²) in [7, 11) is 0. The molecule has 0 radical (unpaired) electrons. The van der Waals surface area contributed by atoms with Crippen LogP contribution in [-0.2, 0) is 6.54 Å². The summed E-state index contributed by atoms with van der Waals surface area (Å²) in [5.41, 5.74) is 6.64. The fourth-order valence-corrected chi connectivity index (χ4v) is 2.06. The van der Waals surface area contributed by atoms with E-state index in [1.807, 2.05) is 0 Å². The van der Waals surface area contributed by atoms with Crippen molar-refractivity contribution in [3.8, 4) is 0 Å². The number of oxime groups is 1. The molecule has 0 aromatic heterocycles. The summed E-state index contributed by atoms with van der Waals surface area (Å²) in [6.45, 7) is 6.97. The maximum atomic E-state index is 13.5. The molecule has 0 spiro atoms. The van der Waals surface area contributed by atoms with E-state index in [1.165, 1.54) is 12.1 Å². The molecule has 1 atom stereocenters. The van der Waals surface area contributed by atoms with Gasteiger partial charge >= 0.3 is 0 Å². The Kier molecular flexibility index (Phi) is 5.76. The molecule has 0 saturated heterocycles. The molecule has 1 aromatic rings. The Morgan fingerprint density at radius 2 is 2.11 bits per heavy atom. The van der Waals surface area contributed by atoms with Gasteiger partial charge in [0.25, 0.3) is 0 Å². The van der Waals surface area contributed by atoms with Crippen molar-refractivity contribution in [1.82, 2.24) is 5.32 Å². The van der Waals surface area contributed by atoms with Crippen LogP contribution in [-0.4, -0.2) is 17.1 Å². The van der Waals surface area contributed by atoms with Crippen molar-refractivity contribution in [2.45, 2.75) is 39.8 Å². The Balaban J connectivity index is 2.81. The number of amidine groups is 1. The third kappa shape index (κ3) is 4.52. The van der Waals surface area contributed by atoms with Crippen LogP contribution < -0.4 is 11.1 Å². The standard InChI is InChI=1S/C14H22FN3O/c1-4-13(9(2)3)17-8-10-5-11(14(16)18-19)7-12(15)6-10/h5-7,9,13,17,19H,4,8H2,1-3H3,(H2,16,18). The lowest BCUT2D eigenvalue weighted by atomic mass is 10.0. The number of hydrogen-bond donors (Lipinski definition) is 3. The van der Waals surface area contributed by atoms with E-state index in [9.17, 15) is 4.39 Å². The second-order valence-electron chi connectivity index (χ2n) is 4.97. The Hall–Kier alpha value is -1.62. The van der Waals surface area contributed by atoms with Crippen LogP contribution in [0.1, 0.15) is 38.3 Å². The highest BCUT2D eigenvalue weighted by Gasteiger charge is 2.11. The molecule has 0 aliphatic carbocycles. The van der Waals surface area contributed by atoms with Crippen LogP contribution in [0.25, 0.3) is 0 Å². The quantitative estimate of drug-likeness (QED) is 0.321. The molecule has 0 saturated carbocycles.